The maximum atomic E-state index is 13.1. The van der Waals surface area contributed by atoms with Crippen LogP contribution in [-0.2, 0) is 4.79 Å². The van der Waals surface area contributed by atoms with Crippen LogP contribution in [0.25, 0.3) is 0 Å². The lowest BCUT2D eigenvalue weighted by Gasteiger charge is -2.39. The zero-order chi connectivity index (χ0) is 14.3. The number of piperidine rings is 1. The quantitative estimate of drug-likeness (QED) is 0.795. The summed E-state index contributed by atoms with van der Waals surface area (Å²) >= 11 is 0. The number of alkyl halides is 2. The van der Waals surface area contributed by atoms with Crippen LogP contribution in [0.5, 0.6) is 0 Å². The Morgan fingerprint density at radius 3 is 2.26 bits per heavy atom. The van der Waals surface area contributed by atoms with E-state index in [1.54, 1.807) is 4.90 Å². The Bertz CT molecular complexity index is 344. The molecule has 1 amide bonds. The fraction of sp³-hybridized carbons (Fsp3) is 0.929. The second kappa shape index (κ2) is 5.00. The minimum atomic E-state index is -2.73. The van der Waals surface area contributed by atoms with E-state index >= 15 is 0 Å². The van der Waals surface area contributed by atoms with E-state index in [1.807, 2.05) is 0 Å². The second-order valence-electron chi connectivity index (χ2n) is 6.96. The third-order valence-corrected chi connectivity index (χ3v) is 4.44. The molecule has 19 heavy (non-hydrogen) atoms. The van der Waals surface area contributed by atoms with Gasteiger partial charge in [0.05, 0.1) is 12.6 Å². The van der Waals surface area contributed by atoms with Crippen LogP contribution in [0.1, 0.15) is 40.0 Å². The van der Waals surface area contributed by atoms with Gasteiger partial charge in [0.25, 0.3) is 5.92 Å². The molecule has 2 fully saturated rings. The molecule has 0 radical (unpaired) electrons. The lowest BCUT2D eigenvalue weighted by molar-refractivity contribution is -0.135. The van der Waals surface area contributed by atoms with Crippen LogP contribution in [0, 0.1) is 11.3 Å². The van der Waals surface area contributed by atoms with Crippen molar-refractivity contribution in [2.45, 2.75) is 52.0 Å². The van der Waals surface area contributed by atoms with Crippen molar-refractivity contribution in [2.75, 3.05) is 19.6 Å². The predicted octanol–water partition coefficient (Wildman–Crippen LogP) is 2.27. The summed E-state index contributed by atoms with van der Waals surface area (Å²) in [6.07, 6.45) is 1.59. The predicted molar refractivity (Wildman–Crippen MR) is 70.1 cm³/mol. The highest BCUT2D eigenvalue weighted by Gasteiger charge is 2.44. The van der Waals surface area contributed by atoms with Crippen LogP contribution >= 0.6 is 0 Å². The Labute approximate surface area is 113 Å². The third kappa shape index (κ3) is 3.44. The van der Waals surface area contributed by atoms with Crippen LogP contribution in [0.2, 0.25) is 0 Å². The first kappa shape index (κ1) is 14.7. The molecule has 2 aliphatic rings. The Morgan fingerprint density at radius 2 is 1.84 bits per heavy atom. The number of hydrogen-bond donors (Lipinski definition) is 1. The SMILES string of the molecule is CC(C)(C)C1CCN(C(=O)C2CC(F)(F)CN2)CC1. The van der Waals surface area contributed by atoms with Gasteiger partial charge in [0.15, 0.2) is 0 Å². The molecule has 0 aliphatic carbocycles. The largest absolute Gasteiger partial charge is 0.341 e. The van der Waals surface area contributed by atoms with Gasteiger partial charge in [-0.05, 0) is 24.2 Å². The van der Waals surface area contributed by atoms with Crippen molar-refractivity contribution in [1.29, 1.82) is 0 Å². The van der Waals surface area contributed by atoms with Crippen LogP contribution < -0.4 is 5.32 Å². The van der Waals surface area contributed by atoms with E-state index in [0.29, 0.717) is 19.0 Å². The molecule has 0 aromatic carbocycles. The standard InChI is InChI=1S/C14H24F2N2O/c1-13(2,3)10-4-6-18(7-5-10)12(19)11-8-14(15,16)9-17-11/h10-11,17H,4-9H2,1-3H3. The van der Waals surface area contributed by atoms with E-state index < -0.39 is 12.0 Å². The summed E-state index contributed by atoms with van der Waals surface area (Å²) in [5, 5.41) is 2.64. The number of nitrogens with zero attached hydrogens (tertiary/aromatic N) is 1. The van der Waals surface area contributed by atoms with E-state index in [4.69, 9.17) is 0 Å². The number of hydrogen-bond acceptors (Lipinski definition) is 2. The van der Waals surface area contributed by atoms with Gasteiger partial charge in [0, 0.05) is 19.5 Å². The molecule has 1 unspecified atom stereocenters. The number of nitrogens with one attached hydrogen (secondary N) is 1. The van der Waals surface area contributed by atoms with Gasteiger partial charge in [-0.2, -0.15) is 0 Å². The molecule has 5 heteroatoms. The van der Waals surface area contributed by atoms with Crippen LogP contribution in [0.15, 0.2) is 0 Å². The third-order valence-electron chi connectivity index (χ3n) is 4.44. The normalized spacial score (nSPS) is 28.7. The van der Waals surface area contributed by atoms with Gasteiger partial charge in [-0.3, -0.25) is 10.1 Å². The molecule has 0 spiro atoms. The lowest BCUT2D eigenvalue weighted by Crippen LogP contribution is -2.48. The van der Waals surface area contributed by atoms with Crippen molar-refractivity contribution >= 4 is 5.91 Å². The summed E-state index contributed by atoms with van der Waals surface area (Å²) < 4.78 is 26.2. The number of carbonyl (C=O) groups excluding carboxylic acids is 1. The molecule has 1 atom stereocenters. The van der Waals surface area contributed by atoms with E-state index in [0.717, 1.165) is 12.8 Å². The molecule has 0 aromatic rings. The monoisotopic (exact) mass is 274 g/mol. The van der Waals surface area contributed by atoms with Gasteiger partial charge >= 0.3 is 0 Å². The number of amides is 1. The maximum absolute atomic E-state index is 13.1. The average Bonchev–Trinajstić information content (AvgIpc) is 2.68. The molecule has 2 aliphatic heterocycles. The van der Waals surface area contributed by atoms with E-state index in [1.165, 1.54) is 0 Å². The number of carbonyl (C=O) groups is 1. The number of likely N-dealkylation sites (tertiary alicyclic amines) is 1. The molecular weight excluding hydrogens is 250 g/mol. The van der Waals surface area contributed by atoms with Crippen LogP contribution in [0.4, 0.5) is 8.78 Å². The van der Waals surface area contributed by atoms with Gasteiger partial charge in [0.1, 0.15) is 0 Å². The zero-order valence-corrected chi connectivity index (χ0v) is 12.0. The van der Waals surface area contributed by atoms with Crippen molar-refractivity contribution in [3.05, 3.63) is 0 Å². The van der Waals surface area contributed by atoms with Gasteiger partial charge in [-0.25, -0.2) is 8.78 Å². The average molecular weight is 274 g/mol. The molecule has 2 rings (SSSR count). The van der Waals surface area contributed by atoms with Crippen molar-refractivity contribution < 1.29 is 13.6 Å². The molecule has 0 aromatic heterocycles. The summed E-state index contributed by atoms with van der Waals surface area (Å²) in [5.74, 6) is -2.27. The topological polar surface area (TPSA) is 32.3 Å². The highest BCUT2D eigenvalue weighted by molar-refractivity contribution is 5.82. The molecule has 2 heterocycles. The summed E-state index contributed by atoms with van der Waals surface area (Å²) in [6, 6.07) is -0.693. The lowest BCUT2D eigenvalue weighted by atomic mass is 9.75. The summed E-state index contributed by atoms with van der Waals surface area (Å²) in [5.41, 5.74) is 0.258. The van der Waals surface area contributed by atoms with E-state index in [9.17, 15) is 13.6 Å². The smallest absolute Gasteiger partial charge is 0.262 e. The zero-order valence-electron chi connectivity index (χ0n) is 12.0. The highest BCUT2D eigenvalue weighted by Crippen LogP contribution is 2.35. The van der Waals surface area contributed by atoms with Crippen molar-refractivity contribution in [3.8, 4) is 0 Å². The van der Waals surface area contributed by atoms with Crippen LogP contribution in [0.3, 0.4) is 0 Å². The number of rotatable bonds is 1. The van der Waals surface area contributed by atoms with Gasteiger partial charge in [-0.1, -0.05) is 20.8 Å². The molecular formula is C14H24F2N2O. The van der Waals surface area contributed by atoms with Crippen molar-refractivity contribution in [1.82, 2.24) is 10.2 Å². The minimum absolute atomic E-state index is 0.149. The molecule has 0 saturated carbocycles. The Hall–Kier alpha value is -0.710. The molecule has 3 nitrogen and oxygen atoms in total. The van der Waals surface area contributed by atoms with Crippen LogP contribution in [-0.4, -0.2) is 42.4 Å². The molecule has 0 bridgehead atoms. The van der Waals surface area contributed by atoms with Crippen molar-refractivity contribution in [2.24, 2.45) is 11.3 Å². The summed E-state index contributed by atoms with van der Waals surface area (Å²) in [7, 11) is 0. The molecule has 110 valence electrons. The fourth-order valence-electron chi connectivity index (χ4n) is 3.08. The fourth-order valence-corrected chi connectivity index (χ4v) is 3.08. The maximum Gasteiger partial charge on any atom is 0.262 e. The Kier molecular flexibility index (Phi) is 3.87. The first-order valence-corrected chi connectivity index (χ1v) is 7.09. The highest BCUT2D eigenvalue weighted by atomic mass is 19.3. The van der Waals surface area contributed by atoms with Gasteiger partial charge in [-0.15, -0.1) is 0 Å². The van der Waals surface area contributed by atoms with Gasteiger partial charge in [0.2, 0.25) is 5.91 Å². The summed E-state index contributed by atoms with van der Waals surface area (Å²) in [6.45, 7) is 7.67. The molecule has 1 N–H and O–H groups in total. The van der Waals surface area contributed by atoms with Gasteiger partial charge < -0.3 is 4.90 Å². The first-order chi connectivity index (χ1) is 8.69. The first-order valence-electron chi connectivity index (χ1n) is 7.09. The molecule has 2 saturated heterocycles. The second-order valence-corrected chi connectivity index (χ2v) is 6.96. The van der Waals surface area contributed by atoms with Crippen molar-refractivity contribution in [3.63, 3.8) is 0 Å². The Balaban J connectivity index is 1.87. The Morgan fingerprint density at radius 1 is 1.26 bits per heavy atom. The van der Waals surface area contributed by atoms with E-state index in [2.05, 4.69) is 26.1 Å². The summed E-state index contributed by atoms with van der Waals surface area (Å²) in [4.78, 5) is 13.9. The number of halogens is 2. The van der Waals surface area contributed by atoms with E-state index in [-0.39, 0.29) is 24.3 Å². The minimum Gasteiger partial charge on any atom is -0.341 e.